The zero-order valence-corrected chi connectivity index (χ0v) is 10.7. The third kappa shape index (κ3) is 2.27. The monoisotopic (exact) mass is 248 g/mol. The first-order valence-electron chi connectivity index (χ1n) is 5.66. The highest BCUT2D eigenvalue weighted by Gasteiger charge is 2.11. The summed E-state index contributed by atoms with van der Waals surface area (Å²) >= 11 is 0. The Labute approximate surface area is 105 Å². The Hall–Kier alpha value is -1.72. The predicted octanol–water partition coefficient (Wildman–Crippen LogP) is 1.52. The summed E-state index contributed by atoms with van der Waals surface area (Å²) in [6.45, 7) is 2.83. The van der Waals surface area contributed by atoms with Gasteiger partial charge >= 0.3 is 5.69 Å². The predicted molar refractivity (Wildman–Crippen MR) is 68.5 cm³/mol. The lowest BCUT2D eigenvalue weighted by molar-refractivity contribution is 0.169. The van der Waals surface area contributed by atoms with Gasteiger partial charge in [0.05, 0.1) is 18.7 Å². The quantitative estimate of drug-likeness (QED) is 0.891. The SMILES string of the molecule is COCc1ccc2nc(=O)[nH]c(C)c2c1COC. The van der Waals surface area contributed by atoms with Gasteiger partial charge in [-0.15, -0.1) is 0 Å². The molecule has 5 heteroatoms. The van der Waals surface area contributed by atoms with Crippen LogP contribution in [0.4, 0.5) is 0 Å². The van der Waals surface area contributed by atoms with E-state index in [-0.39, 0.29) is 5.69 Å². The molecule has 2 rings (SSSR count). The van der Waals surface area contributed by atoms with Crippen LogP contribution in [0.15, 0.2) is 16.9 Å². The Morgan fingerprint density at radius 1 is 1.22 bits per heavy atom. The van der Waals surface area contributed by atoms with Crippen molar-refractivity contribution in [2.75, 3.05) is 14.2 Å². The van der Waals surface area contributed by atoms with Gasteiger partial charge in [-0.25, -0.2) is 4.79 Å². The molecule has 0 spiro atoms. The number of aromatic nitrogens is 2. The smallest absolute Gasteiger partial charge is 0.345 e. The van der Waals surface area contributed by atoms with Gasteiger partial charge < -0.3 is 14.5 Å². The number of aryl methyl sites for hydroxylation is 1. The molecule has 0 aliphatic heterocycles. The Morgan fingerprint density at radius 3 is 2.61 bits per heavy atom. The third-order valence-corrected chi connectivity index (χ3v) is 2.87. The molecule has 1 heterocycles. The molecule has 0 saturated heterocycles. The van der Waals surface area contributed by atoms with Crippen molar-refractivity contribution in [3.63, 3.8) is 0 Å². The lowest BCUT2D eigenvalue weighted by atomic mass is 10.0. The van der Waals surface area contributed by atoms with Crippen molar-refractivity contribution in [1.82, 2.24) is 9.97 Å². The maximum atomic E-state index is 11.4. The van der Waals surface area contributed by atoms with E-state index in [1.54, 1.807) is 14.2 Å². The van der Waals surface area contributed by atoms with E-state index in [1.807, 2.05) is 19.1 Å². The standard InChI is InChI=1S/C13H16N2O3/c1-8-12-10(7-18-3)9(6-17-2)4-5-11(12)15-13(16)14-8/h4-5H,6-7H2,1-3H3,(H,14,15,16). The minimum atomic E-state index is -0.331. The normalized spacial score (nSPS) is 11.1. The van der Waals surface area contributed by atoms with Gasteiger partial charge in [-0.1, -0.05) is 6.07 Å². The van der Waals surface area contributed by atoms with Crippen LogP contribution >= 0.6 is 0 Å². The molecule has 2 aromatic rings. The molecular formula is C13H16N2O3. The van der Waals surface area contributed by atoms with Crippen LogP contribution in [0.3, 0.4) is 0 Å². The molecule has 5 nitrogen and oxygen atoms in total. The van der Waals surface area contributed by atoms with Crippen LogP contribution in [0.1, 0.15) is 16.8 Å². The first kappa shape index (κ1) is 12.7. The number of H-pyrrole nitrogens is 1. The summed E-state index contributed by atoms with van der Waals surface area (Å²) in [7, 11) is 3.29. The van der Waals surface area contributed by atoms with Crippen molar-refractivity contribution in [3.05, 3.63) is 39.4 Å². The molecule has 0 aliphatic carbocycles. The lowest BCUT2D eigenvalue weighted by Gasteiger charge is -2.12. The first-order valence-corrected chi connectivity index (χ1v) is 5.66. The Kier molecular flexibility index (Phi) is 3.74. The molecule has 0 aliphatic rings. The van der Waals surface area contributed by atoms with Crippen molar-refractivity contribution >= 4 is 10.9 Å². The number of hydrogen-bond acceptors (Lipinski definition) is 4. The highest BCUT2D eigenvalue weighted by molar-refractivity contribution is 5.85. The van der Waals surface area contributed by atoms with E-state index in [0.29, 0.717) is 18.7 Å². The van der Waals surface area contributed by atoms with Gasteiger partial charge in [-0.2, -0.15) is 4.98 Å². The molecule has 0 saturated carbocycles. The summed E-state index contributed by atoms with van der Waals surface area (Å²) < 4.78 is 10.4. The van der Waals surface area contributed by atoms with Crippen LogP contribution in [0.5, 0.6) is 0 Å². The lowest BCUT2D eigenvalue weighted by Crippen LogP contribution is -2.13. The molecule has 1 N–H and O–H groups in total. The summed E-state index contributed by atoms with van der Waals surface area (Å²) in [5, 5.41) is 0.936. The van der Waals surface area contributed by atoms with Gasteiger partial charge in [-0.05, 0) is 24.1 Å². The van der Waals surface area contributed by atoms with E-state index in [4.69, 9.17) is 9.47 Å². The van der Waals surface area contributed by atoms with Crippen molar-refractivity contribution in [2.24, 2.45) is 0 Å². The average Bonchev–Trinajstić information content (AvgIpc) is 2.32. The number of aromatic amines is 1. The number of nitrogens with zero attached hydrogens (tertiary/aromatic N) is 1. The molecule has 0 atom stereocenters. The number of nitrogens with one attached hydrogen (secondary N) is 1. The fourth-order valence-electron chi connectivity index (χ4n) is 2.15. The maximum Gasteiger partial charge on any atom is 0.345 e. The van der Waals surface area contributed by atoms with Gasteiger partial charge in [-0.3, -0.25) is 0 Å². The summed E-state index contributed by atoms with van der Waals surface area (Å²) in [5.41, 5.74) is 3.21. The Morgan fingerprint density at radius 2 is 1.94 bits per heavy atom. The first-order chi connectivity index (χ1) is 8.67. The molecule has 96 valence electrons. The zero-order chi connectivity index (χ0) is 13.1. The molecule has 0 amide bonds. The third-order valence-electron chi connectivity index (χ3n) is 2.87. The van der Waals surface area contributed by atoms with E-state index >= 15 is 0 Å². The fourth-order valence-corrected chi connectivity index (χ4v) is 2.15. The molecule has 0 bridgehead atoms. The van der Waals surface area contributed by atoms with Gasteiger partial charge in [0.15, 0.2) is 0 Å². The Bertz CT molecular complexity index is 619. The molecular weight excluding hydrogens is 232 g/mol. The zero-order valence-electron chi connectivity index (χ0n) is 10.7. The molecule has 0 radical (unpaired) electrons. The van der Waals surface area contributed by atoms with Gasteiger partial charge in [0.2, 0.25) is 0 Å². The second-order valence-corrected chi connectivity index (χ2v) is 4.13. The molecule has 18 heavy (non-hydrogen) atoms. The van der Waals surface area contributed by atoms with E-state index in [1.165, 1.54) is 0 Å². The van der Waals surface area contributed by atoms with Crippen LogP contribution in [0.2, 0.25) is 0 Å². The van der Waals surface area contributed by atoms with Crippen molar-refractivity contribution in [2.45, 2.75) is 20.1 Å². The Balaban J connectivity index is 2.75. The number of benzene rings is 1. The minimum absolute atomic E-state index is 0.331. The number of rotatable bonds is 4. The van der Waals surface area contributed by atoms with Crippen molar-refractivity contribution in [1.29, 1.82) is 0 Å². The maximum absolute atomic E-state index is 11.4. The molecule has 0 unspecified atom stereocenters. The van der Waals surface area contributed by atoms with Gasteiger partial charge in [0.1, 0.15) is 0 Å². The van der Waals surface area contributed by atoms with Crippen LogP contribution in [-0.2, 0) is 22.7 Å². The fraction of sp³-hybridized carbons (Fsp3) is 0.385. The topological polar surface area (TPSA) is 64.2 Å². The summed E-state index contributed by atoms with van der Waals surface area (Å²) in [6, 6.07) is 3.76. The van der Waals surface area contributed by atoms with Crippen LogP contribution in [-0.4, -0.2) is 24.2 Å². The van der Waals surface area contributed by atoms with Crippen LogP contribution in [0, 0.1) is 6.92 Å². The molecule has 1 aromatic heterocycles. The number of ether oxygens (including phenoxy) is 2. The average molecular weight is 248 g/mol. The summed E-state index contributed by atoms with van der Waals surface area (Å²) in [4.78, 5) is 18.1. The highest BCUT2D eigenvalue weighted by atomic mass is 16.5. The van der Waals surface area contributed by atoms with Crippen molar-refractivity contribution < 1.29 is 9.47 Å². The second-order valence-electron chi connectivity index (χ2n) is 4.13. The van der Waals surface area contributed by atoms with Gasteiger partial charge in [0, 0.05) is 25.3 Å². The summed E-state index contributed by atoms with van der Waals surface area (Å²) in [5.74, 6) is 0. The summed E-state index contributed by atoms with van der Waals surface area (Å²) in [6.07, 6.45) is 0. The number of fused-ring (bicyclic) bond motifs is 1. The molecule has 0 fully saturated rings. The van der Waals surface area contributed by atoms with E-state index < -0.39 is 0 Å². The van der Waals surface area contributed by atoms with E-state index in [2.05, 4.69) is 9.97 Å². The van der Waals surface area contributed by atoms with E-state index in [0.717, 1.165) is 22.2 Å². The number of methoxy groups -OCH3 is 2. The molecule has 1 aromatic carbocycles. The highest BCUT2D eigenvalue weighted by Crippen LogP contribution is 2.23. The number of hydrogen-bond donors (Lipinski definition) is 1. The van der Waals surface area contributed by atoms with Crippen molar-refractivity contribution in [3.8, 4) is 0 Å². The van der Waals surface area contributed by atoms with Crippen LogP contribution < -0.4 is 5.69 Å². The van der Waals surface area contributed by atoms with E-state index in [9.17, 15) is 4.79 Å². The minimum Gasteiger partial charge on any atom is -0.380 e. The second kappa shape index (κ2) is 5.29. The van der Waals surface area contributed by atoms with Gasteiger partial charge in [0.25, 0.3) is 0 Å². The largest absolute Gasteiger partial charge is 0.380 e. The van der Waals surface area contributed by atoms with Crippen LogP contribution in [0.25, 0.3) is 10.9 Å².